The highest BCUT2D eigenvalue weighted by molar-refractivity contribution is 6.06. The molecule has 2 amide bonds. The van der Waals surface area contributed by atoms with Gasteiger partial charge in [-0.15, -0.1) is 0 Å². The number of ether oxygens (including phenoxy) is 1. The van der Waals surface area contributed by atoms with E-state index >= 15 is 0 Å². The van der Waals surface area contributed by atoms with E-state index in [2.05, 4.69) is 10.6 Å². The maximum atomic E-state index is 12.2. The molecule has 0 atom stereocenters. The molecule has 0 radical (unpaired) electrons. The molecule has 2 N–H and O–H groups in total. The summed E-state index contributed by atoms with van der Waals surface area (Å²) in [7, 11) is 1.65. The van der Waals surface area contributed by atoms with Crippen LogP contribution in [0.1, 0.15) is 5.56 Å². The van der Waals surface area contributed by atoms with Crippen LogP contribution in [-0.4, -0.2) is 13.1 Å². The number of rotatable bonds is 4. The molecule has 0 fully saturated rings. The molecule has 0 unspecified atom stereocenters. The third kappa shape index (κ3) is 3.67. The Bertz CT molecular complexity index is 825. The van der Waals surface area contributed by atoms with Crippen LogP contribution in [-0.2, 0) is 11.3 Å². The number of amides is 2. The van der Waals surface area contributed by atoms with E-state index in [1.807, 2.05) is 66.7 Å². The number of carbonyl (C=O) groups is 1. The van der Waals surface area contributed by atoms with E-state index in [1.54, 1.807) is 7.11 Å². The van der Waals surface area contributed by atoms with Gasteiger partial charge in [0.15, 0.2) is 0 Å². The largest absolute Gasteiger partial charge is 0.380 e. The van der Waals surface area contributed by atoms with Crippen molar-refractivity contribution in [2.24, 2.45) is 0 Å². The average Bonchev–Trinajstić information content (AvgIpc) is 2.56. The number of hydrogen-bond donors (Lipinski definition) is 2. The summed E-state index contributed by atoms with van der Waals surface area (Å²) in [5.41, 5.74) is 2.53. The summed E-state index contributed by atoms with van der Waals surface area (Å²) < 4.78 is 5.10. The molecule has 4 heteroatoms. The predicted molar refractivity (Wildman–Crippen MR) is 93.7 cm³/mol. The van der Waals surface area contributed by atoms with Crippen molar-refractivity contribution in [3.63, 3.8) is 0 Å². The van der Waals surface area contributed by atoms with E-state index < -0.39 is 0 Å². The van der Waals surface area contributed by atoms with E-state index in [4.69, 9.17) is 4.74 Å². The Morgan fingerprint density at radius 2 is 1.74 bits per heavy atom. The van der Waals surface area contributed by atoms with Crippen molar-refractivity contribution in [2.45, 2.75) is 6.61 Å². The van der Waals surface area contributed by atoms with Crippen molar-refractivity contribution >= 4 is 28.2 Å². The molecule has 116 valence electrons. The standard InChI is InChI=1S/C19H18N2O2/c1-23-13-14-6-4-9-16(12-14)20-19(22)21-18-11-5-8-15-7-2-3-10-17(15)18/h2-12H,13H2,1H3,(H2,20,21,22). The molecule has 0 aromatic heterocycles. The molecule has 0 saturated heterocycles. The second kappa shape index (κ2) is 6.94. The Hall–Kier alpha value is -2.85. The summed E-state index contributed by atoms with van der Waals surface area (Å²) >= 11 is 0. The molecule has 3 aromatic rings. The van der Waals surface area contributed by atoms with Crippen molar-refractivity contribution in [1.29, 1.82) is 0 Å². The first kappa shape index (κ1) is 15.1. The summed E-state index contributed by atoms with van der Waals surface area (Å²) in [5.74, 6) is 0. The van der Waals surface area contributed by atoms with Gasteiger partial charge in [0.05, 0.1) is 12.3 Å². The van der Waals surface area contributed by atoms with E-state index in [-0.39, 0.29) is 6.03 Å². The quantitative estimate of drug-likeness (QED) is 0.738. The van der Waals surface area contributed by atoms with E-state index in [1.165, 1.54) is 0 Å². The zero-order valence-electron chi connectivity index (χ0n) is 12.9. The molecule has 0 aliphatic rings. The lowest BCUT2D eigenvalue weighted by molar-refractivity contribution is 0.185. The number of benzene rings is 3. The Morgan fingerprint density at radius 3 is 2.61 bits per heavy atom. The topological polar surface area (TPSA) is 50.4 Å². The van der Waals surface area contributed by atoms with E-state index in [0.29, 0.717) is 6.61 Å². The summed E-state index contributed by atoms with van der Waals surface area (Å²) in [6, 6.07) is 21.1. The highest BCUT2D eigenvalue weighted by atomic mass is 16.5. The summed E-state index contributed by atoms with van der Waals surface area (Å²) in [6.07, 6.45) is 0. The normalized spacial score (nSPS) is 10.5. The summed E-state index contributed by atoms with van der Waals surface area (Å²) in [6.45, 7) is 0.514. The van der Waals surface area contributed by atoms with Gasteiger partial charge in [0.25, 0.3) is 0 Å². The lowest BCUT2D eigenvalue weighted by atomic mass is 10.1. The van der Waals surface area contributed by atoms with Gasteiger partial charge in [-0.2, -0.15) is 0 Å². The molecule has 0 spiro atoms. The van der Waals surface area contributed by atoms with Gasteiger partial charge in [-0.3, -0.25) is 0 Å². The van der Waals surface area contributed by atoms with Gasteiger partial charge in [-0.1, -0.05) is 48.5 Å². The van der Waals surface area contributed by atoms with Crippen molar-refractivity contribution < 1.29 is 9.53 Å². The van der Waals surface area contributed by atoms with Crippen molar-refractivity contribution in [2.75, 3.05) is 17.7 Å². The minimum absolute atomic E-state index is 0.268. The van der Waals surface area contributed by atoms with Gasteiger partial charge in [-0.05, 0) is 29.1 Å². The molecule has 0 bridgehead atoms. The van der Waals surface area contributed by atoms with Crippen LogP contribution in [0.15, 0.2) is 66.7 Å². The molecule has 0 saturated carbocycles. The first-order chi connectivity index (χ1) is 11.3. The molecule has 23 heavy (non-hydrogen) atoms. The smallest absolute Gasteiger partial charge is 0.323 e. The number of urea groups is 1. The second-order valence-electron chi connectivity index (χ2n) is 5.24. The molecular formula is C19H18N2O2. The first-order valence-electron chi connectivity index (χ1n) is 7.40. The number of fused-ring (bicyclic) bond motifs is 1. The Labute approximate surface area is 135 Å². The first-order valence-corrected chi connectivity index (χ1v) is 7.40. The fourth-order valence-electron chi connectivity index (χ4n) is 2.52. The maximum absolute atomic E-state index is 12.2. The Kier molecular flexibility index (Phi) is 4.54. The molecule has 0 aliphatic heterocycles. The van der Waals surface area contributed by atoms with Crippen LogP contribution in [0.4, 0.5) is 16.2 Å². The van der Waals surface area contributed by atoms with Crippen molar-refractivity contribution in [3.8, 4) is 0 Å². The molecule has 3 aromatic carbocycles. The number of anilines is 2. The number of methoxy groups -OCH3 is 1. The van der Waals surface area contributed by atoms with Crippen LogP contribution in [0.5, 0.6) is 0 Å². The SMILES string of the molecule is COCc1cccc(NC(=O)Nc2cccc3ccccc23)c1. The van der Waals surface area contributed by atoms with Crippen LogP contribution in [0.2, 0.25) is 0 Å². The maximum Gasteiger partial charge on any atom is 0.323 e. The number of nitrogens with one attached hydrogen (secondary N) is 2. The highest BCUT2D eigenvalue weighted by Gasteiger charge is 2.06. The van der Waals surface area contributed by atoms with Crippen molar-refractivity contribution in [3.05, 3.63) is 72.3 Å². The lowest BCUT2D eigenvalue weighted by Crippen LogP contribution is -2.19. The molecule has 3 rings (SSSR count). The fraction of sp³-hybridized carbons (Fsp3) is 0.105. The van der Waals surface area contributed by atoms with Gasteiger partial charge in [0.2, 0.25) is 0 Å². The zero-order chi connectivity index (χ0) is 16.1. The molecule has 0 heterocycles. The van der Waals surface area contributed by atoms with Gasteiger partial charge < -0.3 is 15.4 Å². The van der Waals surface area contributed by atoms with Crippen LogP contribution in [0.3, 0.4) is 0 Å². The monoisotopic (exact) mass is 306 g/mol. The van der Waals surface area contributed by atoms with Crippen LogP contribution in [0.25, 0.3) is 10.8 Å². The average molecular weight is 306 g/mol. The summed E-state index contributed by atoms with van der Waals surface area (Å²) in [5, 5.41) is 7.85. The lowest BCUT2D eigenvalue weighted by Gasteiger charge is -2.11. The minimum Gasteiger partial charge on any atom is -0.380 e. The fourth-order valence-corrected chi connectivity index (χ4v) is 2.52. The van der Waals surface area contributed by atoms with Crippen LogP contribution in [0, 0.1) is 0 Å². The summed E-state index contributed by atoms with van der Waals surface area (Å²) in [4.78, 5) is 12.2. The molecule has 4 nitrogen and oxygen atoms in total. The number of carbonyl (C=O) groups excluding carboxylic acids is 1. The van der Waals surface area contributed by atoms with Gasteiger partial charge in [-0.25, -0.2) is 4.79 Å². The Balaban J connectivity index is 1.75. The van der Waals surface area contributed by atoms with Gasteiger partial charge >= 0.3 is 6.03 Å². The van der Waals surface area contributed by atoms with Gasteiger partial charge in [0, 0.05) is 18.2 Å². The van der Waals surface area contributed by atoms with Crippen LogP contribution < -0.4 is 10.6 Å². The van der Waals surface area contributed by atoms with Gasteiger partial charge in [0.1, 0.15) is 0 Å². The third-order valence-electron chi connectivity index (χ3n) is 3.53. The van der Waals surface area contributed by atoms with Crippen LogP contribution >= 0.6 is 0 Å². The number of hydrogen-bond acceptors (Lipinski definition) is 2. The Morgan fingerprint density at radius 1 is 0.957 bits per heavy atom. The third-order valence-corrected chi connectivity index (χ3v) is 3.53. The molecular weight excluding hydrogens is 288 g/mol. The molecule has 0 aliphatic carbocycles. The second-order valence-corrected chi connectivity index (χ2v) is 5.24. The highest BCUT2D eigenvalue weighted by Crippen LogP contribution is 2.23. The predicted octanol–water partition coefficient (Wildman–Crippen LogP) is 4.63. The van der Waals surface area contributed by atoms with Crippen molar-refractivity contribution in [1.82, 2.24) is 0 Å². The minimum atomic E-state index is -0.268. The van der Waals surface area contributed by atoms with E-state index in [0.717, 1.165) is 27.7 Å². The zero-order valence-corrected chi connectivity index (χ0v) is 12.9. The van der Waals surface area contributed by atoms with E-state index in [9.17, 15) is 4.79 Å².